The number of ether oxygens (including phenoxy) is 2. The van der Waals surface area contributed by atoms with Crippen LogP contribution in [-0.4, -0.2) is 58.0 Å². The minimum Gasteiger partial charge on any atom is -0.493 e. The zero-order valence-electron chi connectivity index (χ0n) is 27.9. The van der Waals surface area contributed by atoms with E-state index in [1.165, 1.54) is 37.3 Å². The van der Waals surface area contributed by atoms with Crippen LogP contribution in [0.4, 0.5) is 5.69 Å². The first-order valence-corrected chi connectivity index (χ1v) is 17.9. The summed E-state index contributed by atoms with van der Waals surface area (Å²) >= 11 is 3.51. The van der Waals surface area contributed by atoms with Crippen LogP contribution in [0.15, 0.2) is 106 Å². The molecule has 1 N–H and O–H groups in total. The smallest absolute Gasteiger partial charge is 0.264 e. The van der Waals surface area contributed by atoms with E-state index in [2.05, 4.69) is 21.2 Å². The molecule has 0 bridgehead atoms. The van der Waals surface area contributed by atoms with Gasteiger partial charge in [-0.2, -0.15) is 0 Å². The Bertz CT molecular complexity index is 1800. The molecule has 2 atom stereocenters. The van der Waals surface area contributed by atoms with Gasteiger partial charge in [0.1, 0.15) is 12.6 Å². The predicted molar refractivity (Wildman–Crippen MR) is 192 cm³/mol. The number of hydrogen-bond donors (Lipinski definition) is 1. The van der Waals surface area contributed by atoms with Gasteiger partial charge in [-0.05, 0) is 67.8 Å². The summed E-state index contributed by atoms with van der Waals surface area (Å²) in [5.74, 6) is -0.176. The lowest BCUT2D eigenvalue weighted by Gasteiger charge is -2.34. The lowest BCUT2D eigenvalue weighted by molar-refractivity contribution is -0.140. The molecule has 4 aromatic carbocycles. The van der Waals surface area contributed by atoms with Crippen molar-refractivity contribution in [2.24, 2.45) is 0 Å². The molecule has 254 valence electrons. The first-order chi connectivity index (χ1) is 23.0. The number of nitrogens with zero attached hydrogens (tertiary/aromatic N) is 2. The van der Waals surface area contributed by atoms with Crippen molar-refractivity contribution >= 4 is 43.5 Å². The molecule has 0 aliphatic rings. The molecule has 0 aliphatic carbocycles. The molecule has 4 aromatic rings. The standard InChI is InChI=1S/C37H42BrN3O6S/c1-6-27(3)39-37(43)33(22-28-11-8-7-9-12-28)40(24-29-13-10-14-30(38)21-29)36(42)25-41(31-17-20-34(46-4)35(23-31)47-5)48(44,45)32-18-15-26(2)16-19-32/h7-21,23,27,33H,6,22,24-25H2,1-5H3,(H,39,43)/t27-,33-/m0/s1. The number of methoxy groups -OCH3 is 2. The molecule has 9 nitrogen and oxygen atoms in total. The molecule has 0 unspecified atom stereocenters. The van der Waals surface area contributed by atoms with Gasteiger partial charge in [-0.25, -0.2) is 8.42 Å². The van der Waals surface area contributed by atoms with E-state index in [1.54, 1.807) is 24.3 Å². The number of amides is 2. The topological polar surface area (TPSA) is 105 Å². The first-order valence-electron chi connectivity index (χ1n) is 15.7. The minimum absolute atomic E-state index is 0.0181. The van der Waals surface area contributed by atoms with Crippen LogP contribution in [0, 0.1) is 6.92 Å². The molecule has 0 radical (unpaired) electrons. The van der Waals surface area contributed by atoms with Gasteiger partial charge in [0.25, 0.3) is 10.0 Å². The molecule has 0 aliphatic heterocycles. The largest absolute Gasteiger partial charge is 0.493 e. The second kappa shape index (κ2) is 16.7. The first kappa shape index (κ1) is 36.5. The molecule has 2 amide bonds. The van der Waals surface area contributed by atoms with Gasteiger partial charge in [-0.15, -0.1) is 0 Å². The van der Waals surface area contributed by atoms with E-state index in [0.29, 0.717) is 17.9 Å². The van der Waals surface area contributed by atoms with Crippen LogP contribution in [0.1, 0.15) is 37.0 Å². The van der Waals surface area contributed by atoms with Crippen molar-refractivity contribution in [3.63, 3.8) is 0 Å². The van der Waals surface area contributed by atoms with Gasteiger partial charge in [-0.1, -0.05) is 83.0 Å². The van der Waals surface area contributed by atoms with Crippen LogP contribution in [0.25, 0.3) is 0 Å². The average Bonchev–Trinajstić information content (AvgIpc) is 3.08. The van der Waals surface area contributed by atoms with E-state index >= 15 is 0 Å². The van der Waals surface area contributed by atoms with Gasteiger partial charge in [0.2, 0.25) is 11.8 Å². The summed E-state index contributed by atoms with van der Waals surface area (Å²) in [6.45, 7) is 5.22. The fourth-order valence-electron chi connectivity index (χ4n) is 5.17. The highest BCUT2D eigenvalue weighted by atomic mass is 79.9. The summed E-state index contributed by atoms with van der Waals surface area (Å²) in [5, 5.41) is 3.05. The summed E-state index contributed by atoms with van der Waals surface area (Å²) in [5.41, 5.74) is 2.72. The SMILES string of the molecule is CC[C@H](C)NC(=O)[C@H](Cc1ccccc1)N(Cc1cccc(Br)c1)C(=O)CN(c1ccc(OC)c(OC)c1)S(=O)(=O)c1ccc(C)cc1. The van der Waals surface area contributed by atoms with Crippen molar-refractivity contribution < 1.29 is 27.5 Å². The Labute approximate surface area is 292 Å². The van der Waals surface area contributed by atoms with Crippen LogP contribution >= 0.6 is 15.9 Å². The van der Waals surface area contributed by atoms with Crippen molar-refractivity contribution in [3.05, 3.63) is 118 Å². The Morgan fingerprint density at radius 2 is 1.52 bits per heavy atom. The summed E-state index contributed by atoms with van der Waals surface area (Å²) in [4.78, 5) is 30.2. The van der Waals surface area contributed by atoms with Gasteiger partial charge in [0.05, 0.1) is 24.8 Å². The quantitative estimate of drug-likeness (QED) is 0.149. The highest BCUT2D eigenvalue weighted by Crippen LogP contribution is 2.34. The van der Waals surface area contributed by atoms with Crippen molar-refractivity contribution in [1.82, 2.24) is 10.2 Å². The number of carbonyl (C=O) groups is 2. The average molecular weight is 737 g/mol. The normalized spacial score (nSPS) is 12.5. The number of carbonyl (C=O) groups excluding carboxylic acids is 2. The third kappa shape index (κ3) is 9.17. The molecule has 4 rings (SSSR count). The van der Waals surface area contributed by atoms with Crippen LogP contribution in [0.2, 0.25) is 0 Å². The molecule has 48 heavy (non-hydrogen) atoms. The van der Waals surface area contributed by atoms with E-state index in [1.807, 2.05) is 75.4 Å². The number of nitrogens with one attached hydrogen (secondary N) is 1. The number of rotatable bonds is 15. The van der Waals surface area contributed by atoms with Gasteiger partial charge >= 0.3 is 0 Å². The summed E-state index contributed by atoms with van der Waals surface area (Å²) < 4.78 is 41.4. The van der Waals surface area contributed by atoms with Crippen molar-refractivity contribution in [2.75, 3.05) is 25.1 Å². The van der Waals surface area contributed by atoms with Gasteiger partial charge in [0, 0.05) is 29.5 Å². The Balaban J connectivity index is 1.85. The van der Waals surface area contributed by atoms with Crippen LogP contribution in [0.5, 0.6) is 11.5 Å². The predicted octanol–water partition coefficient (Wildman–Crippen LogP) is 6.52. The van der Waals surface area contributed by atoms with E-state index in [-0.39, 0.29) is 35.5 Å². The van der Waals surface area contributed by atoms with Gasteiger partial charge < -0.3 is 19.7 Å². The summed E-state index contributed by atoms with van der Waals surface area (Å²) in [6.07, 6.45) is 0.926. The Kier molecular flexibility index (Phi) is 12.7. The molecule has 11 heteroatoms. The fourth-order valence-corrected chi connectivity index (χ4v) is 7.03. The lowest BCUT2D eigenvalue weighted by atomic mass is 10.0. The third-order valence-electron chi connectivity index (χ3n) is 8.06. The van der Waals surface area contributed by atoms with Gasteiger partial charge in [-0.3, -0.25) is 13.9 Å². The zero-order valence-corrected chi connectivity index (χ0v) is 30.3. The number of hydrogen-bond acceptors (Lipinski definition) is 6. The zero-order chi connectivity index (χ0) is 34.8. The van der Waals surface area contributed by atoms with Crippen molar-refractivity contribution in [3.8, 4) is 11.5 Å². The second-order valence-electron chi connectivity index (χ2n) is 11.5. The van der Waals surface area contributed by atoms with E-state index < -0.39 is 28.5 Å². The van der Waals surface area contributed by atoms with Crippen LogP contribution in [-0.2, 0) is 32.6 Å². The number of aryl methyl sites for hydroxylation is 1. The van der Waals surface area contributed by atoms with E-state index in [0.717, 1.165) is 25.5 Å². The van der Waals surface area contributed by atoms with E-state index in [4.69, 9.17) is 9.47 Å². The maximum atomic E-state index is 14.7. The fraction of sp³-hybridized carbons (Fsp3) is 0.297. The van der Waals surface area contributed by atoms with E-state index in [9.17, 15) is 18.0 Å². The van der Waals surface area contributed by atoms with Gasteiger partial charge in [0.15, 0.2) is 11.5 Å². The Hall–Kier alpha value is -4.35. The number of halogens is 1. The second-order valence-corrected chi connectivity index (χ2v) is 14.3. The molecular formula is C37H42BrN3O6S. The number of benzene rings is 4. The monoisotopic (exact) mass is 735 g/mol. The number of sulfonamides is 1. The highest BCUT2D eigenvalue weighted by Gasteiger charge is 2.35. The van der Waals surface area contributed by atoms with Crippen molar-refractivity contribution in [1.29, 1.82) is 0 Å². The minimum atomic E-state index is -4.27. The lowest BCUT2D eigenvalue weighted by Crippen LogP contribution is -2.54. The Morgan fingerprint density at radius 1 is 0.854 bits per heavy atom. The molecular weight excluding hydrogens is 694 g/mol. The maximum Gasteiger partial charge on any atom is 0.264 e. The third-order valence-corrected chi connectivity index (χ3v) is 10.3. The molecule has 0 saturated heterocycles. The highest BCUT2D eigenvalue weighted by molar-refractivity contribution is 9.10. The van der Waals surface area contributed by atoms with Crippen LogP contribution < -0.4 is 19.1 Å². The molecule has 0 saturated carbocycles. The van der Waals surface area contributed by atoms with Crippen LogP contribution in [0.3, 0.4) is 0 Å². The molecule has 0 spiro atoms. The summed E-state index contributed by atoms with van der Waals surface area (Å²) in [7, 11) is -1.33. The summed E-state index contributed by atoms with van der Waals surface area (Å²) in [6, 6.07) is 27.0. The molecule has 0 aromatic heterocycles. The number of anilines is 1. The Morgan fingerprint density at radius 3 is 2.15 bits per heavy atom. The van der Waals surface area contributed by atoms with Crippen molar-refractivity contribution in [2.45, 2.75) is 57.1 Å². The maximum absolute atomic E-state index is 14.7. The molecule has 0 heterocycles. The molecule has 0 fully saturated rings.